The van der Waals surface area contributed by atoms with Gasteiger partial charge in [-0.3, -0.25) is 0 Å². The average Bonchev–Trinajstić information content (AvgIpc) is 2.88. The van der Waals surface area contributed by atoms with E-state index in [2.05, 4.69) is 9.72 Å². The van der Waals surface area contributed by atoms with Gasteiger partial charge in [0.1, 0.15) is 17.4 Å². The fourth-order valence-corrected chi connectivity index (χ4v) is 4.34. The predicted octanol–water partition coefficient (Wildman–Crippen LogP) is 3.02. The zero-order valence-electron chi connectivity index (χ0n) is 14.6. The van der Waals surface area contributed by atoms with E-state index in [0.29, 0.717) is 25.3 Å². The van der Waals surface area contributed by atoms with Crippen LogP contribution in [0.15, 0.2) is 47.5 Å². The summed E-state index contributed by atoms with van der Waals surface area (Å²) < 4.78 is 80.3. The number of benzene rings is 1. The summed E-state index contributed by atoms with van der Waals surface area (Å²) in [4.78, 5) is 5.77. The summed E-state index contributed by atoms with van der Waals surface area (Å²) in [5.74, 6) is -0.521. The number of pyridine rings is 1. The van der Waals surface area contributed by atoms with Crippen LogP contribution in [0.25, 0.3) is 0 Å². The maximum absolute atomic E-state index is 13.0. The Morgan fingerprint density at radius 2 is 1.68 bits per heavy atom. The lowest BCUT2D eigenvalue weighted by atomic mass is 10.3. The molecule has 0 aliphatic carbocycles. The van der Waals surface area contributed by atoms with Crippen LogP contribution in [0.4, 0.5) is 23.4 Å². The van der Waals surface area contributed by atoms with Crippen molar-refractivity contribution in [1.82, 2.24) is 9.29 Å². The smallest absolute Gasteiger partial charge is 0.404 e. The number of alkyl halides is 3. The van der Waals surface area contributed by atoms with Gasteiger partial charge in [0.25, 0.3) is 0 Å². The minimum absolute atomic E-state index is 0.00845. The first-order valence-electron chi connectivity index (χ1n) is 8.38. The van der Waals surface area contributed by atoms with Crippen LogP contribution in [-0.4, -0.2) is 50.2 Å². The molecule has 28 heavy (non-hydrogen) atoms. The third kappa shape index (κ3) is 4.90. The summed E-state index contributed by atoms with van der Waals surface area (Å²) in [6.07, 6.45) is -3.31. The van der Waals surface area contributed by atoms with Crippen molar-refractivity contribution in [3.63, 3.8) is 0 Å². The fourth-order valence-electron chi connectivity index (χ4n) is 2.87. The van der Waals surface area contributed by atoms with Gasteiger partial charge < -0.3 is 9.64 Å². The van der Waals surface area contributed by atoms with E-state index in [0.717, 1.165) is 24.4 Å². The molecule has 1 aliphatic rings. The van der Waals surface area contributed by atoms with Crippen molar-refractivity contribution in [2.24, 2.45) is 0 Å². The lowest BCUT2D eigenvalue weighted by molar-refractivity contribution is -0.274. The van der Waals surface area contributed by atoms with E-state index < -0.39 is 28.0 Å². The number of halogens is 4. The molecule has 0 spiro atoms. The Hall–Kier alpha value is -2.40. The highest BCUT2D eigenvalue weighted by Crippen LogP contribution is 2.25. The molecular weight excluding hydrogens is 402 g/mol. The van der Waals surface area contributed by atoms with Gasteiger partial charge in [0, 0.05) is 26.2 Å². The Bertz CT molecular complexity index is 903. The maximum atomic E-state index is 13.0. The number of hydrogen-bond donors (Lipinski definition) is 0. The molecule has 1 aliphatic heterocycles. The van der Waals surface area contributed by atoms with E-state index in [4.69, 9.17) is 0 Å². The molecule has 1 aromatic carbocycles. The molecule has 1 aromatic heterocycles. The third-order valence-electron chi connectivity index (χ3n) is 4.18. The second-order valence-corrected chi connectivity index (χ2v) is 8.04. The zero-order valence-corrected chi connectivity index (χ0v) is 15.4. The summed E-state index contributed by atoms with van der Waals surface area (Å²) in [6, 6.07) is 7.17. The zero-order chi connectivity index (χ0) is 20.4. The molecule has 152 valence electrons. The van der Waals surface area contributed by atoms with Crippen molar-refractivity contribution in [3.8, 4) is 5.75 Å². The summed E-state index contributed by atoms with van der Waals surface area (Å²) in [5.41, 5.74) is 0. The molecule has 0 unspecified atom stereocenters. The number of anilines is 1. The monoisotopic (exact) mass is 419 g/mol. The molecule has 0 radical (unpaired) electrons. The van der Waals surface area contributed by atoms with Crippen molar-refractivity contribution in [2.75, 3.05) is 31.1 Å². The Balaban J connectivity index is 1.68. The van der Waals surface area contributed by atoms with E-state index in [1.807, 2.05) is 0 Å². The van der Waals surface area contributed by atoms with Gasteiger partial charge in [-0.05, 0) is 42.8 Å². The van der Waals surface area contributed by atoms with Gasteiger partial charge in [0.15, 0.2) is 0 Å². The van der Waals surface area contributed by atoms with Gasteiger partial charge in [0.2, 0.25) is 10.0 Å². The fraction of sp³-hybridized carbons (Fsp3) is 0.353. The summed E-state index contributed by atoms with van der Waals surface area (Å²) in [7, 11) is -3.76. The quantitative estimate of drug-likeness (QED) is 0.713. The van der Waals surface area contributed by atoms with Gasteiger partial charge in [-0.15, -0.1) is 13.2 Å². The average molecular weight is 419 g/mol. The van der Waals surface area contributed by atoms with E-state index in [1.54, 1.807) is 4.90 Å². The molecule has 0 atom stereocenters. The van der Waals surface area contributed by atoms with Crippen LogP contribution in [0.5, 0.6) is 5.75 Å². The van der Waals surface area contributed by atoms with E-state index in [9.17, 15) is 26.0 Å². The van der Waals surface area contributed by atoms with Crippen LogP contribution in [0, 0.1) is 5.82 Å². The lowest BCUT2D eigenvalue weighted by Crippen LogP contribution is -2.35. The van der Waals surface area contributed by atoms with Crippen LogP contribution in [0.3, 0.4) is 0 Å². The van der Waals surface area contributed by atoms with Gasteiger partial charge in [-0.25, -0.2) is 17.8 Å². The number of hydrogen-bond acceptors (Lipinski definition) is 5. The van der Waals surface area contributed by atoms with Crippen LogP contribution in [-0.2, 0) is 10.0 Å². The summed E-state index contributed by atoms with van der Waals surface area (Å²) in [5, 5.41) is 0. The van der Waals surface area contributed by atoms with Crippen molar-refractivity contribution >= 4 is 15.8 Å². The minimum Gasteiger partial charge on any atom is -0.404 e. The minimum atomic E-state index is -4.79. The highest BCUT2D eigenvalue weighted by Gasteiger charge is 2.31. The summed E-state index contributed by atoms with van der Waals surface area (Å²) >= 11 is 0. The second-order valence-electron chi connectivity index (χ2n) is 6.10. The number of nitrogens with zero attached hydrogens (tertiary/aromatic N) is 3. The van der Waals surface area contributed by atoms with Gasteiger partial charge >= 0.3 is 6.36 Å². The molecular formula is C17H17F4N3O3S. The molecule has 2 heterocycles. The van der Waals surface area contributed by atoms with Crippen LogP contribution in [0.1, 0.15) is 6.42 Å². The number of ether oxygens (including phenoxy) is 1. The van der Waals surface area contributed by atoms with Crippen molar-refractivity contribution < 1.29 is 30.7 Å². The molecule has 6 nitrogen and oxygen atoms in total. The Morgan fingerprint density at radius 3 is 2.29 bits per heavy atom. The highest BCUT2D eigenvalue weighted by atomic mass is 32.2. The molecule has 0 saturated carbocycles. The van der Waals surface area contributed by atoms with Crippen molar-refractivity contribution in [3.05, 3.63) is 48.4 Å². The van der Waals surface area contributed by atoms with Crippen molar-refractivity contribution in [2.45, 2.75) is 17.7 Å². The van der Waals surface area contributed by atoms with E-state index in [-0.39, 0.29) is 18.0 Å². The predicted molar refractivity (Wildman–Crippen MR) is 92.9 cm³/mol. The largest absolute Gasteiger partial charge is 0.573 e. The molecule has 0 bridgehead atoms. The topological polar surface area (TPSA) is 62.7 Å². The molecule has 0 amide bonds. The van der Waals surface area contributed by atoms with Gasteiger partial charge in [-0.2, -0.15) is 4.31 Å². The van der Waals surface area contributed by atoms with Gasteiger partial charge in [0.05, 0.1) is 11.1 Å². The molecule has 1 saturated heterocycles. The molecule has 3 rings (SSSR count). The number of rotatable bonds is 4. The second kappa shape index (κ2) is 7.92. The number of aromatic nitrogens is 1. The van der Waals surface area contributed by atoms with Crippen molar-refractivity contribution in [1.29, 1.82) is 0 Å². The Labute approximate surface area is 159 Å². The normalized spacial score (nSPS) is 16.6. The third-order valence-corrected chi connectivity index (χ3v) is 6.10. The van der Waals surface area contributed by atoms with E-state index in [1.165, 1.54) is 22.5 Å². The first-order valence-corrected chi connectivity index (χ1v) is 9.82. The van der Waals surface area contributed by atoms with E-state index >= 15 is 0 Å². The molecule has 2 aromatic rings. The van der Waals surface area contributed by atoms with Crippen LogP contribution >= 0.6 is 0 Å². The molecule has 0 N–H and O–H groups in total. The maximum Gasteiger partial charge on any atom is 0.573 e. The highest BCUT2D eigenvalue weighted by molar-refractivity contribution is 7.89. The van der Waals surface area contributed by atoms with Gasteiger partial charge in [-0.1, -0.05) is 0 Å². The Kier molecular flexibility index (Phi) is 5.75. The first kappa shape index (κ1) is 20.3. The van der Waals surface area contributed by atoms with Crippen LogP contribution < -0.4 is 9.64 Å². The first-order chi connectivity index (χ1) is 13.1. The Morgan fingerprint density at radius 1 is 0.964 bits per heavy atom. The lowest BCUT2D eigenvalue weighted by Gasteiger charge is -2.23. The summed E-state index contributed by atoms with van der Waals surface area (Å²) in [6.45, 7) is 1.24. The standard InChI is InChI=1S/C17H17F4N3O3S/c18-13-2-5-15(6-3-13)28(25,26)24-9-1-8-23(10-11-24)16-7-4-14(12-22-16)27-17(19,20)21/h2-7,12H,1,8-11H2. The number of sulfonamides is 1. The molecule has 1 fully saturated rings. The SMILES string of the molecule is O=S(=O)(c1ccc(F)cc1)N1CCCN(c2ccc(OC(F)(F)F)cn2)CC1. The van der Waals surface area contributed by atoms with Crippen LogP contribution in [0.2, 0.25) is 0 Å². The molecule has 11 heteroatoms.